The lowest BCUT2D eigenvalue weighted by atomic mass is 10.0. The Balaban J connectivity index is 1.35. The van der Waals surface area contributed by atoms with Crippen LogP contribution in [0.5, 0.6) is 0 Å². The predicted molar refractivity (Wildman–Crippen MR) is 96.1 cm³/mol. The van der Waals surface area contributed by atoms with Crippen LogP contribution in [0.1, 0.15) is 24.7 Å². The van der Waals surface area contributed by atoms with Crippen molar-refractivity contribution < 1.29 is 14.1 Å². The first-order valence-electron chi connectivity index (χ1n) is 8.80. The van der Waals surface area contributed by atoms with Crippen LogP contribution in [0.3, 0.4) is 0 Å². The molecule has 0 aliphatic carbocycles. The van der Waals surface area contributed by atoms with Crippen molar-refractivity contribution >= 4 is 17.6 Å². The maximum atomic E-state index is 12.6. The van der Waals surface area contributed by atoms with Gasteiger partial charge in [-0.05, 0) is 25.0 Å². The third-order valence-electron chi connectivity index (χ3n) is 5.01. The van der Waals surface area contributed by atoms with Gasteiger partial charge >= 0.3 is 6.03 Å². The molecule has 2 saturated heterocycles. The van der Waals surface area contributed by atoms with Gasteiger partial charge in [0.15, 0.2) is 0 Å². The zero-order chi connectivity index (χ0) is 18.1. The number of hydrogen-bond donors (Lipinski definition) is 0. The van der Waals surface area contributed by atoms with E-state index in [0.29, 0.717) is 36.4 Å². The van der Waals surface area contributed by atoms with Crippen LogP contribution >= 0.6 is 11.6 Å². The molecule has 1 aromatic heterocycles. The second kappa shape index (κ2) is 7.25. The highest BCUT2D eigenvalue weighted by Gasteiger charge is 2.38. The number of piperidine rings is 1. The molecule has 2 fully saturated rings. The molecule has 4 rings (SSSR count). The van der Waals surface area contributed by atoms with Crippen molar-refractivity contribution in [3.63, 3.8) is 0 Å². The summed E-state index contributed by atoms with van der Waals surface area (Å²) in [6.07, 6.45) is 2.13. The first kappa shape index (κ1) is 17.3. The van der Waals surface area contributed by atoms with Crippen molar-refractivity contribution in [2.45, 2.75) is 24.9 Å². The Morgan fingerprint density at radius 1 is 1.31 bits per heavy atom. The van der Waals surface area contributed by atoms with Crippen molar-refractivity contribution in [1.29, 1.82) is 0 Å². The number of carbonyl (C=O) groups is 1. The van der Waals surface area contributed by atoms with Crippen molar-refractivity contribution in [3.8, 4) is 11.4 Å². The zero-order valence-electron chi connectivity index (χ0n) is 14.6. The molecule has 2 aromatic rings. The van der Waals surface area contributed by atoms with E-state index in [1.807, 2.05) is 21.9 Å². The minimum Gasteiger partial charge on any atom is -0.380 e. The lowest BCUT2D eigenvalue weighted by molar-refractivity contribution is 0.0287. The summed E-state index contributed by atoms with van der Waals surface area (Å²) in [6, 6.07) is 7.41. The second-order valence-electron chi connectivity index (χ2n) is 6.80. The van der Waals surface area contributed by atoms with Gasteiger partial charge in [-0.3, -0.25) is 0 Å². The summed E-state index contributed by atoms with van der Waals surface area (Å²) >= 11 is 6.01. The molecule has 0 spiro atoms. The van der Waals surface area contributed by atoms with E-state index in [4.69, 9.17) is 20.9 Å². The van der Waals surface area contributed by atoms with Crippen molar-refractivity contribution in [3.05, 3.63) is 35.2 Å². The fourth-order valence-corrected chi connectivity index (χ4v) is 3.63. The SMILES string of the molecule is COC1CCCN(C(=O)N2CC(c3nc(-c4cccc(Cl)c4)no3)C2)C1. The molecule has 0 radical (unpaired) electrons. The van der Waals surface area contributed by atoms with Gasteiger partial charge < -0.3 is 19.1 Å². The molecule has 2 aliphatic rings. The van der Waals surface area contributed by atoms with Crippen LogP contribution in [0.25, 0.3) is 11.4 Å². The van der Waals surface area contributed by atoms with Gasteiger partial charge in [-0.1, -0.05) is 28.9 Å². The summed E-state index contributed by atoms with van der Waals surface area (Å²) in [5.41, 5.74) is 0.818. The number of halogens is 1. The van der Waals surface area contributed by atoms with E-state index < -0.39 is 0 Å². The van der Waals surface area contributed by atoms with Gasteiger partial charge in [0.05, 0.1) is 12.0 Å². The van der Waals surface area contributed by atoms with Gasteiger partial charge in [-0.2, -0.15) is 4.98 Å². The Morgan fingerprint density at radius 2 is 2.15 bits per heavy atom. The molecule has 2 aliphatic heterocycles. The summed E-state index contributed by atoms with van der Waals surface area (Å²) in [5, 5.41) is 4.67. The molecule has 26 heavy (non-hydrogen) atoms. The van der Waals surface area contributed by atoms with Gasteiger partial charge in [-0.25, -0.2) is 4.79 Å². The molecule has 1 atom stereocenters. The molecule has 3 heterocycles. The average Bonchev–Trinajstić information content (AvgIpc) is 3.10. The standard InChI is InChI=1S/C18H21ClN4O3/c1-25-15-6-3-7-22(11-15)18(24)23-9-13(10-23)17-20-16(21-26-17)12-4-2-5-14(19)8-12/h2,4-5,8,13,15H,3,6-7,9-11H2,1H3. The summed E-state index contributed by atoms with van der Waals surface area (Å²) in [4.78, 5) is 20.8. The number of aromatic nitrogens is 2. The molecule has 0 bridgehead atoms. The Kier molecular flexibility index (Phi) is 4.82. The highest BCUT2D eigenvalue weighted by Crippen LogP contribution is 2.29. The lowest BCUT2D eigenvalue weighted by Crippen LogP contribution is -2.56. The van der Waals surface area contributed by atoms with E-state index in [1.54, 1.807) is 19.2 Å². The van der Waals surface area contributed by atoms with Crippen LogP contribution in [-0.2, 0) is 4.74 Å². The maximum Gasteiger partial charge on any atom is 0.320 e. The summed E-state index contributed by atoms with van der Waals surface area (Å²) in [7, 11) is 1.70. The Labute approximate surface area is 156 Å². The Morgan fingerprint density at radius 3 is 2.92 bits per heavy atom. The molecule has 7 nitrogen and oxygen atoms in total. The van der Waals surface area contributed by atoms with Crippen LogP contribution in [0, 0.1) is 0 Å². The summed E-state index contributed by atoms with van der Waals surface area (Å²) in [6.45, 7) is 2.66. The number of benzene rings is 1. The normalized spacial score (nSPS) is 20.9. The third-order valence-corrected chi connectivity index (χ3v) is 5.24. The number of urea groups is 1. The van der Waals surface area contributed by atoms with Gasteiger partial charge in [-0.15, -0.1) is 0 Å². The third kappa shape index (κ3) is 3.41. The molecule has 1 unspecified atom stereocenters. The second-order valence-corrected chi connectivity index (χ2v) is 7.23. The van der Waals surface area contributed by atoms with E-state index in [0.717, 1.165) is 24.9 Å². The molecule has 138 valence electrons. The van der Waals surface area contributed by atoms with Gasteiger partial charge in [0.1, 0.15) is 0 Å². The number of carbonyl (C=O) groups excluding carboxylic acids is 1. The quantitative estimate of drug-likeness (QED) is 0.823. The number of amides is 2. The summed E-state index contributed by atoms with van der Waals surface area (Å²) < 4.78 is 10.8. The molecule has 2 amide bonds. The molecular weight excluding hydrogens is 356 g/mol. The molecule has 8 heteroatoms. The zero-order valence-corrected chi connectivity index (χ0v) is 15.4. The Hall–Kier alpha value is -2.12. The van der Waals surface area contributed by atoms with Crippen LogP contribution in [0.15, 0.2) is 28.8 Å². The number of methoxy groups -OCH3 is 1. The highest BCUT2D eigenvalue weighted by molar-refractivity contribution is 6.30. The molecule has 0 N–H and O–H groups in total. The number of hydrogen-bond acceptors (Lipinski definition) is 5. The van der Waals surface area contributed by atoms with E-state index in [9.17, 15) is 4.79 Å². The largest absolute Gasteiger partial charge is 0.380 e. The Bertz CT molecular complexity index is 790. The van der Waals surface area contributed by atoms with Gasteiger partial charge in [0, 0.05) is 43.9 Å². The minimum atomic E-state index is 0.0672. The van der Waals surface area contributed by atoms with Crippen LogP contribution in [-0.4, -0.2) is 65.4 Å². The van der Waals surface area contributed by atoms with Crippen molar-refractivity contribution in [2.24, 2.45) is 0 Å². The highest BCUT2D eigenvalue weighted by atomic mass is 35.5. The molecule has 0 saturated carbocycles. The van der Waals surface area contributed by atoms with E-state index in [1.165, 1.54) is 0 Å². The fourth-order valence-electron chi connectivity index (χ4n) is 3.44. The lowest BCUT2D eigenvalue weighted by Gasteiger charge is -2.42. The smallest absolute Gasteiger partial charge is 0.320 e. The molecular formula is C18H21ClN4O3. The van der Waals surface area contributed by atoms with E-state index in [-0.39, 0.29) is 18.1 Å². The van der Waals surface area contributed by atoms with Gasteiger partial charge in [0.25, 0.3) is 0 Å². The van der Waals surface area contributed by atoms with E-state index >= 15 is 0 Å². The van der Waals surface area contributed by atoms with Crippen molar-refractivity contribution in [2.75, 3.05) is 33.3 Å². The summed E-state index contributed by atoms with van der Waals surface area (Å²) in [5.74, 6) is 1.17. The number of ether oxygens (including phenoxy) is 1. The minimum absolute atomic E-state index is 0.0672. The monoisotopic (exact) mass is 376 g/mol. The maximum absolute atomic E-state index is 12.6. The molecule has 1 aromatic carbocycles. The number of likely N-dealkylation sites (tertiary alicyclic amines) is 2. The number of nitrogens with zero attached hydrogens (tertiary/aromatic N) is 4. The average molecular weight is 377 g/mol. The fraction of sp³-hybridized carbons (Fsp3) is 0.500. The first-order valence-corrected chi connectivity index (χ1v) is 9.18. The van der Waals surface area contributed by atoms with Gasteiger partial charge in [0.2, 0.25) is 11.7 Å². The van der Waals surface area contributed by atoms with Crippen LogP contribution in [0.4, 0.5) is 4.79 Å². The number of rotatable bonds is 3. The first-order chi connectivity index (χ1) is 12.6. The predicted octanol–water partition coefficient (Wildman–Crippen LogP) is 3.02. The topological polar surface area (TPSA) is 71.7 Å². The van der Waals surface area contributed by atoms with Crippen LogP contribution < -0.4 is 0 Å². The van der Waals surface area contributed by atoms with Crippen LogP contribution in [0.2, 0.25) is 5.02 Å². The van der Waals surface area contributed by atoms with E-state index in [2.05, 4.69) is 10.1 Å². The van der Waals surface area contributed by atoms with Crippen molar-refractivity contribution in [1.82, 2.24) is 19.9 Å².